The van der Waals surface area contributed by atoms with Gasteiger partial charge < -0.3 is 14.9 Å². The summed E-state index contributed by atoms with van der Waals surface area (Å²) in [5.41, 5.74) is 4.38. The molecule has 9 heteroatoms. The van der Waals surface area contributed by atoms with Crippen molar-refractivity contribution in [3.8, 4) is 6.07 Å². The van der Waals surface area contributed by atoms with Crippen molar-refractivity contribution in [1.29, 1.82) is 5.26 Å². The van der Waals surface area contributed by atoms with Crippen molar-refractivity contribution >= 4 is 27.9 Å². The molecule has 0 bridgehead atoms. The van der Waals surface area contributed by atoms with E-state index in [-0.39, 0.29) is 11.7 Å². The lowest BCUT2D eigenvalue weighted by atomic mass is 9.85. The standard InChI is InChI=1S/C26H30N8O/c1-17-5-2-3-7-21(17)34-23-20(31-26(34)35)15-30-24-22(23)19(14-29-24)16-32-9-11-33(12-10-32)25-18(13-27)6-4-8-28-25/h4,6,8,14-15,17,21H,2-3,5,7,9-12,16H2,1H3,(H,29,30)(H,31,35)/t17-,21+/m1/s1. The smallest absolute Gasteiger partial charge is 0.326 e. The number of hydrogen-bond donors (Lipinski definition) is 2. The third kappa shape index (κ3) is 3.78. The molecule has 1 saturated carbocycles. The third-order valence-corrected chi connectivity index (χ3v) is 7.83. The molecule has 9 nitrogen and oxygen atoms in total. The molecule has 5 heterocycles. The van der Waals surface area contributed by atoms with Gasteiger partial charge in [0.2, 0.25) is 0 Å². The van der Waals surface area contributed by atoms with Gasteiger partial charge in [-0.3, -0.25) is 9.47 Å². The highest BCUT2D eigenvalue weighted by Crippen LogP contribution is 2.36. The summed E-state index contributed by atoms with van der Waals surface area (Å²) in [7, 11) is 0. The molecule has 180 valence electrons. The highest BCUT2D eigenvalue weighted by molar-refractivity contribution is 6.03. The van der Waals surface area contributed by atoms with Crippen LogP contribution in [-0.4, -0.2) is 55.6 Å². The van der Waals surface area contributed by atoms with Gasteiger partial charge in [-0.15, -0.1) is 0 Å². The van der Waals surface area contributed by atoms with Gasteiger partial charge in [-0.05, 0) is 36.5 Å². The predicted molar refractivity (Wildman–Crippen MR) is 135 cm³/mol. The van der Waals surface area contributed by atoms with E-state index >= 15 is 0 Å². The van der Waals surface area contributed by atoms with Crippen LogP contribution in [0.4, 0.5) is 5.82 Å². The maximum absolute atomic E-state index is 13.1. The molecule has 1 saturated heterocycles. The maximum atomic E-state index is 13.1. The molecule has 1 aliphatic carbocycles. The summed E-state index contributed by atoms with van der Waals surface area (Å²) in [5, 5.41) is 10.5. The predicted octanol–water partition coefficient (Wildman–Crippen LogP) is 3.55. The van der Waals surface area contributed by atoms with Gasteiger partial charge in [0.1, 0.15) is 17.5 Å². The number of rotatable bonds is 4. The van der Waals surface area contributed by atoms with E-state index in [0.717, 1.165) is 79.9 Å². The number of piperazine rings is 1. The average Bonchev–Trinajstić information content (AvgIpc) is 3.44. The van der Waals surface area contributed by atoms with Gasteiger partial charge in [0.05, 0.1) is 22.8 Å². The zero-order valence-electron chi connectivity index (χ0n) is 20.0. The maximum Gasteiger partial charge on any atom is 0.326 e. The molecule has 4 aromatic heterocycles. The number of pyridine rings is 2. The minimum absolute atomic E-state index is 0.0301. The second-order valence-corrected chi connectivity index (χ2v) is 9.94. The Morgan fingerprint density at radius 3 is 2.80 bits per heavy atom. The fourth-order valence-electron chi connectivity index (χ4n) is 5.98. The van der Waals surface area contributed by atoms with E-state index < -0.39 is 0 Å². The number of nitrogens with one attached hydrogen (secondary N) is 2. The number of hydrogen-bond acceptors (Lipinski definition) is 6. The van der Waals surface area contributed by atoms with Crippen molar-refractivity contribution in [1.82, 2.24) is 29.4 Å². The number of anilines is 1. The number of nitrogens with zero attached hydrogens (tertiary/aromatic N) is 6. The van der Waals surface area contributed by atoms with E-state index in [1.54, 1.807) is 18.5 Å². The quantitative estimate of drug-likeness (QED) is 0.472. The molecule has 35 heavy (non-hydrogen) atoms. The minimum Gasteiger partial charge on any atom is -0.353 e. The fraction of sp³-hybridized carbons (Fsp3) is 0.462. The number of imidazole rings is 1. The molecular formula is C26H30N8O. The Balaban J connectivity index is 1.30. The van der Waals surface area contributed by atoms with Gasteiger partial charge in [0.15, 0.2) is 0 Å². The zero-order valence-corrected chi connectivity index (χ0v) is 20.0. The first kappa shape index (κ1) is 21.9. The van der Waals surface area contributed by atoms with Crippen LogP contribution in [0, 0.1) is 17.2 Å². The van der Waals surface area contributed by atoms with Crippen molar-refractivity contribution in [2.75, 3.05) is 31.1 Å². The largest absolute Gasteiger partial charge is 0.353 e. The van der Waals surface area contributed by atoms with Crippen LogP contribution in [-0.2, 0) is 6.54 Å². The molecule has 0 aromatic carbocycles. The molecule has 0 amide bonds. The van der Waals surface area contributed by atoms with Crippen LogP contribution >= 0.6 is 0 Å². The van der Waals surface area contributed by atoms with Crippen molar-refractivity contribution < 1.29 is 0 Å². The van der Waals surface area contributed by atoms with Crippen LogP contribution in [0.25, 0.3) is 22.1 Å². The summed E-state index contributed by atoms with van der Waals surface area (Å²) < 4.78 is 2.02. The number of aromatic amines is 2. The Hall–Kier alpha value is -3.64. The molecule has 2 atom stereocenters. The Kier molecular flexibility index (Phi) is 5.53. The first-order valence-corrected chi connectivity index (χ1v) is 12.6. The lowest BCUT2D eigenvalue weighted by Crippen LogP contribution is -2.46. The van der Waals surface area contributed by atoms with Gasteiger partial charge in [-0.2, -0.15) is 5.26 Å². The van der Waals surface area contributed by atoms with Gasteiger partial charge in [0.25, 0.3) is 0 Å². The Bertz CT molecular complexity index is 1470. The molecule has 2 fully saturated rings. The summed E-state index contributed by atoms with van der Waals surface area (Å²) >= 11 is 0. The molecule has 0 radical (unpaired) electrons. The van der Waals surface area contributed by atoms with E-state index in [1.807, 2.05) is 16.8 Å². The number of nitriles is 1. The van der Waals surface area contributed by atoms with E-state index in [4.69, 9.17) is 0 Å². The van der Waals surface area contributed by atoms with Crippen LogP contribution in [0.2, 0.25) is 0 Å². The van der Waals surface area contributed by atoms with Crippen LogP contribution in [0.3, 0.4) is 0 Å². The Morgan fingerprint density at radius 1 is 1.17 bits per heavy atom. The summed E-state index contributed by atoms with van der Waals surface area (Å²) in [6.45, 7) is 6.42. The molecule has 0 spiro atoms. The summed E-state index contributed by atoms with van der Waals surface area (Å²) in [4.78, 5) is 33.2. The van der Waals surface area contributed by atoms with Crippen molar-refractivity contribution in [3.63, 3.8) is 0 Å². The number of H-pyrrole nitrogens is 2. The van der Waals surface area contributed by atoms with E-state index in [1.165, 1.54) is 12.0 Å². The van der Waals surface area contributed by atoms with Crippen LogP contribution in [0.5, 0.6) is 0 Å². The molecule has 1 aliphatic heterocycles. The molecule has 2 N–H and O–H groups in total. The minimum atomic E-state index is -0.0301. The van der Waals surface area contributed by atoms with Crippen molar-refractivity contribution in [2.45, 2.75) is 45.2 Å². The zero-order chi connectivity index (χ0) is 23.9. The normalized spacial score (nSPS) is 21.5. The second-order valence-electron chi connectivity index (χ2n) is 9.94. The highest BCUT2D eigenvalue weighted by Gasteiger charge is 2.28. The first-order chi connectivity index (χ1) is 17.1. The third-order valence-electron chi connectivity index (χ3n) is 7.83. The van der Waals surface area contributed by atoms with Crippen molar-refractivity contribution in [2.24, 2.45) is 5.92 Å². The summed E-state index contributed by atoms with van der Waals surface area (Å²) in [6.07, 6.45) is 10.2. The van der Waals surface area contributed by atoms with Gasteiger partial charge in [-0.25, -0.2) is 14.8 Å². The van der Waals surface area contributed by atoms with E-state index in [0.29, 0.717) is 11.5 Å². The Morgan fingerprint density at radius 2 is 2.00 bits per heavy atom. The van der Waals surface area contributed by atoms with E-state index in [2.05, 4.69) is 42.7 Å². The molecular weight excluding hydrogens is 440 g/mol. The van der Waals surface area contributed by atoms with Crippen LogP contribution in [0.15, 0.2) is 35.5 Å². The number of fused-ring (bicyclic) bond motifs is 3. The molecule has 6 rings (SSSR count). The lowest BCUT2D eigenvalue weighted by Gasteiger charge is -2.35. The highest BCUT2D eigenvalue weighted by atomic mass is 16.1. The monoisotopic (exact) mass is 470 g/mol. The average molecular weight is 471 g/mol. The lowest BCUT2D eigenvalue weighted by molar-refractivity contribution is 0.250. The SMILES string of the molecule is C[C@@H]1CCCC[C@@H]1n1c(=O)[nH]c2cnc3[nH]cc(CN4CCN(c5ncccc5C#N)CC4)c3c21. The number of aromatic nitrogens is 5. The topological polar surface area (TPSA) is 110 Å². The second kappa shape index (κ2) is 8.86. The summed E-state index contributed by atoms with van der Waals surface area (Å²) in [5.74, 6) is 1.25. The van der Waals surface area contributed by atoms with Crippen molar-refractivity contribution in [3.05, 3.63) is 52.3 Å². The van der Waals surface area contributed by atoms with Crippen LogP contribution < -0.4 is 10.6 Å². The summed E-state index contributed by atoms with van der Waals surface area (Å²) in [6, 6.07) is 6.10. The van der Waals surface area contributed by atoms with Gasteiger partial charge in [-0.1, -0.05) is 19.8 Å². The first-order valence-electron chi connectivity index (χ1n) is 12.6. The van der Waals surface area contributed by atoms with Crippen LogP contribution in [0.1, 0.15) is 49.8 Å². The fourth-order valence-corrected chi connectivity index (χ4v) is 5.98. The molecule has 4 aromatic rings. The Labute approximate surface area is 203 Å². The molecule has 0 unspecified atom stereocenters. The molecule has 2 aliphatic rings. The van der Waals surface area contributed by atoms with Gasteiger partial charge >= 0.3 is 5.69 Å². The van der Waals surface area contributed by atoms with Gasteiger partial charge in [0, 0.05) is 56.5 Å². The van der Waals surface area contributed by atoms with E-state index in [9.17, 15) is 10.1 Å².